The number of nitrogen functional groups attached to an aromatic ring is 1. The maximum atomic E-state index is 10.0. The Hall–Kier alpha value is -4.48. The number of ether oxygens (including phenoxy) is 2. The van der Waals surface area contributed by atoms with Crippen LogP contribution in [-0.2, 0) is 0 Å². The van der Waals surface area contributed by atoms with Gasteiger partial charge in [-0.1, -0.05) is 12.1 Å². The van der Waals surface area contributed by atoms with Crippen molar-refractivity contribution in [2.75, 3.05) is 30.9 Å². The second-order valence-electron chi connectivity index (χ2n) is 5.75. The Labute approximate surface area is 171 Å². The predicted octanol–water partition coefficient (Wildman–Crippen LogP) is 1.31. The van der Waals surface area contributed by atoms with Crippen LogP contribution >= 0.6 is 0 Å². The second kappa shape index (κ2) is 9.14. The van der Waals surface area contributed by atoms with E-state index in [9.17, 15) is 10.2 Å². The highest BCUT2D eigenvalue weighted by molar-refractivity contribution is 5.85. The van der Waals surface area contributed by atoms with Crippen molar-refractivity contribution in [3.05, 3.63) is 47.5 Å². The van der Waals surface area contributed by atoms with Gasteiger partial charge in [-0.05, 0) is 24.3 Å². The summed E-state index contributed by atoms with van der Waals surface area (Å²) in [6.45, 7) is 0. The predicted molar refractivity (Wildman–Crippen MR) is 112 cm³/mol. The van der Waals surface area contributed by atoms with Crippen molar-refractivity contribution >= 4 is 24.3 Å². The molecule has 3 aromatic rings. The summed E-state index contributed by atoms with van der Waals surface area (Å²) >= 11 is 0. The number of aromatic nitrogens is 3. The van der Waals surface area contributed by atoms with Gasteiger partial charge in [-0.25, -0.2) is 10.9 Å². The lowest BCUT2D eigenvalue weighted by molar-refractivity contribution is 0.373. The zero-order valence-corrected chi connectivity index (χ0v) is 16.1. The molecule has 0 spiro atoms. The lowest BCUT2D eigenvalue weighted by Crippen LogP contribution is -2.14. The summed E-state index contributed by atoms with van der Waals surface area (Å²) in [5, 5.41) is 35.7. The zero-order valence-electron chi connectivity index (χ0n) is 16.1. The minimum atomic E-state index is -0.0442. The number of aromatic hydroxyl groups is 2. The van der Waals surface area contributed by atoms with Crippen LogP contribution in [0.1, 0.15) is 11.1 Å². The highest BCUT2D eigenvalue weighted by Gasteiger charge is 2.09. The molecule has 0 bridgehead atoms. The Morgan fingerprint density at radius 2 is 1.30 bits per heavy atom. The molecule has 12 nitrogen and oxygen atoms in total. The number of anilines is 2. The van der Waals surface area contributed by atoms with E-state index < -0.39 is 0 Å². The number of para-hydroxylation sites is 2. The molecular formula is C18H20N8O4. The van der Waals surface area contributed by atoms with Gasteiger partial charge in [-0.3, -0.25) is 0 Å². The average molecular weight is 412 g/mol. The molecule has 0 aliphatic carbocycles. The fraction of sp³-hybridized carbons (Fsp3) is 0.111. The van der Waals surface area contributed by atoms with Gasteiger partial charge in [0.05, 0.1) is 26.6 Å². The van der Waals surface area contributed by atoms with Gasteiger partial charge >= 0.3 is 0 Å². The Bertz CT molecular complexity index is 997. The van der Waals surface area contributed by atoms with Crippen LogP contribution in [0.5, 0.6) is 23.0 Å². The molecule has 0 atom stereocenters. The van der Waals surface area contributed by atoms with Crippen molar-refractivity contribution < 1.29 is 19.7 Å². The lowest BCUT2D eigenvalue weighted by Gasteiger charge is -2.05. The third kappa shape index (κ3) is 4.32. The fourth-order valence-corrected chi connectivity index (χ4v) is 2.38. The number of nitrogens with one attached hydrogen (secondary N) is 2. The van der Waals surface area contributed by atoms with Crippen molar-refractivity contribution in [3.63, 3.8) is 0 Å². The molecule has 0 unspecified atom stereocenters. The highest BCUT2D eigenvalue weighted by Crippen LogP contribution is 2.28. The largest absolute Gasteiger partial charge is 0.504 e. The van der Waals surface area contributed by atoms with Gasteiger partial charge < -0.3 is 25.5 Å². The molecule has 0 radical (unpaired) electrons. The molecule has 1 aromatic heterocycles. The molecule has 12 heteroatoms. The normalized spacial score (nSPS) is 11.1. The van der Waals surface area contributed by atoms with Gasteiger partial charge in [-0.15, -0.1) is 10.2 Å². The summed E-state index contributed by atoms with van der Waals surface area (Å²) in [7, 11) is 2.91. The monoisotopic (exact) mass is 412 g/mol. The molecule has 0 aliphatic rings. The van der Waals surface area contributed by atoms with Crippen LogP contribution in [0.15, 0.2) is 46.6 Å². The number of hydrazone groups is 2. The molecule has 30 heavy (non-hydrogen) atoms. The number of rotatable bonds is 8. The highest BCUT2D eigenvalue weighted by atomic mass is 16.5. The van der Waals surface area contributed by atoms with Crippen molar-refractivity contribution in [1.82, 2.24) is 14.9 Å². The number of hydrogen-bond donors (Lipinski definition) is 5. The Morgan fingerprint density at radius 3 is 1.70 bits per heavy atom. The van der Waals surface area contributed by atoms with Gasteiger partial charge in [0.15, 0.2) is 23.0 Å². The first kappa shape index (κ1) is 20.3. The SMILES string of the molecule is COc1cccc(/C=N/Nc2nnc(N/N=C/c3cccc(OC)c3O)n2N)c1O. The molecule has 0 amide bonds. The number of phenols is 2. The van der Waals surface area contributed by atoms with Crippen molar-refractivity contribution in [3.8, 4) is 23.0 Å². The third-order valence-corrected chi connectivity index (χ3v) is 3.93. The maximum absolute atomic E-state index is 10.0. The van der Waals surface area contributed by atoms with E-state index in [4.69, 9.17) is 15.3 Å². The lowest BCUT2D eigenvalue weighted by atomic mass is 10.2. The second-order valence-corrected chi connectivity index (χ2v) is 5.75. The number of benzene rings is 2. The Kier molecular flexibility index (Phi) is 6.17. The zero-order chi connectivity index (χ0) is 21.5. The van der Waals surface area contributed by atoms with E-state index in [1.165, 1.54) is 26.6 Å². The van der Waals surface area contributed by atoms with E-state index in [2.05, 4.69) is 31.3 Å². The fourth-order valence-electron chi connectivity index (χ4n) is 2.38. The summed E-state index contributed by atoms with van der Waals surface area (Å²) in [4.78, 5) is 0. The standard InChI is InChI=1S/C18H20N8O4/c1-29-13-7-3-5-11(15(13)27)9-20-22-17-24-25-18(26(17)19)23-21-10-12-6-4-8-14(30-2)16(12)28/h3-10,27-28H,19H2,1-2H3,(H,22,24)(H,23,25)/b20-9+,21-10+. The van der Waals surface area contributed by atoms with Gasteiger partial charge in [-0.2, -0.15) is 14.9 Å². The summed E-state index contributed by atoms with van der Waals surface area (Å²) < 4.78 is 11.2. The molecular weight excluding hydrogens is 392 g/mol. The first-order chi connectivity index (χ1) is 14.5. The summed E-state index contributed by atoms with van der Waals surface area (Å²) in [6, 6.07) is 10.00. The Balaban J connectivity index is 1.65. The first-order valence-electron chi connectivity index (χ1n) is 8.55. The molecule has 6 N–H and O–H groups in total. The van der Waals surface area contributed by atoms with E-state index in [-0.39, 0.29) is 23.4 Å². The minimum Gasteiger partial charge on any atom is -0.504 e. The maximum Gasteiger partial charge on any atom is 0.265 e. The Morgan fingerprint density at radius 1 is 0.867 bits per heavy atom. The number of phenolic OH excluding ortho intramolecular Hbond substituents is 2. The molecule has 1 heterocycles. The molecule has 0 saturated carbocycles. The average Bonchev–Trinajstić information content (AvgIpc) is 3.10. The smallest absolute Gasteiger partial charge is 0.265 e. The van der Waals surface area contributed by atoms with E-state index in [0.29, 0.717) is 22.6 Å². The summed E-state index contributed by atoms with van der Waals surface area (Å²) in [5.41, 5.74) is 6.10. The molecule has 156 valence electrons. The van der Waals surface area contributed by atoms with E-state index in [1.54, 1.807) is 36.4 Å². The van der Waals surface area contributed by atoms with E-state index >= 15 is 0 Å². The summed E-state index contributed by atoms with van der Waals surface area (Å²) in [5.74, 6) is 6.70. The van der Waals surface area contributed by atoms with Crippen molar-refractivity contribution in [2.45, 2.75) is 0 Å². The number of nitrogens with zero attached hydrogens (tertiary/aromatic N) is 5. The minimum absolute atomic E-state index is 0.0442. The van der Waals surface area contributed by atoms with Crippen LogP contribution in [0.4, 0.5) is 11.9 Å². The first-order valence-corrected chi connectivity index (χ1v) is 8.55. The number of methoxy groups -OCH3 is 2. The van der Waals surface area contributed by atoms with Crippen molar-refractivity contribution in [2.24, 2.45) is 10.2 Å². The van der Waals surface area contributed by atoms with E-state index in [0.717, 1.165) is 4.68 Å². The van der Waals surface area contributed by atoms with Crippen LogP contribution in [0, 0.1) is 0 Å². The molecule has 0 fully saturated rings. The van der Waals surface area contributed by atoms with E-state index in [1.807, 2.05) is 0 Å². The van der Waals surface area contributed by atoms with Crippen LogP contribution in [-0.4, -0.2) is 51.7 Å². The van der Waals surface area contributed by atoms with Gasteiger partial charge in [0.25, 0.3) is 11.9 Å². The molecule has 0 saturated heterocycles. The molecule has 3 rings (SSSR count). The van der Waals surface area contributed by atoms with Crippen LogP contribution in [0.25, 0.3) is 0 Å². The topological polar surface area (TPSA) is 164 Å². The quantitative estimate of drug-likeness (QED) is 0.208. The molecule has 0 aliphatic heterocycles. The van der Waals surface area contributed by atoms with Crippen LogP contribution in [0.3, 0.4) is 0 Å². The molecule has 2 aromatic carbocycles. The number of nitrogens with two attached hydrogens (primary N) is 1. The number of hydrogen-bond acceptors (Lipinski definition) is 11. The van der Waals surface area contributed by atoms with Gasteiger partial charge in [0.1, 0.15) is 0 Å². The van der Waals surface area contributed by atoms with Gasteiger partial charge in [0, 0.05) is 11.1 Å². The third-order valence-electron chi connectivity index (χ3n) is 3.93. The van der Waals surface area contributed by atoms with Crippen molar-refractivity contribution in [1.29, 1.82) is 0 Å². The van der Waals surface area contributed by atoms with Gasteiger partial charge in [0.2, 0.25) is 0 Å². The summed E-state index contributed by atoms with van der Waals surface area (Å²) in [6.07, 6.45) is 2.76. The van der Waals surface area contributed by atoms with Crippen LogP contribution < -0.4 is 26.2 Å². The van der Waals surface area contributed by atoms with Crippen LogP contribution in [0.2, 0.25) is 0 Å².